The van der Waals surface area contributed by atoms with Crippen molar-refractivity contribution in [1.82, 2.24) is 9.97 Å². The quantitative estimate of drug-likeness (QED) is 0.840. The molecule has 0 aliphatic heterocycles. The first-order chi connectivity index (χ1) is 8.29. The Morgan fingerprint density at radius 1 is 1.12 bits per heavy atom. The molecule has 0 spiro atoms. The first-order valence-electron chi connectivity index (χ1n) is 5.16. The fraction of sp³-hybridized carbons (Fsp3) is 0.0833. The van der Waals surface area contributed by atoms with E-state index in [2.05, 4.69) is 20.6 Å². The van der Waals surface area contributed by atoms with E-state index in [1.165, 1.54) is 0 Å². The van der Waals surface area contributed by atoms with Crippen molar-refractivity contribution < 1.29 is 4.79 Å². The highest BCUT2D eigenvalue weighted by molar-refractivity contribution is 6.03. The molecule has 5 heteroatoms. The van der Waals surface area contributed by atoms with Crippen LogP contribution < -0.4 is 10.6 Å². The Morgan fingerprint density at radius 2 is 1.76 bits per heavy atom. The molecular weight excluding hydrogens is 216 g/mol. The Morgan fingerprint density at radius 3 is 2.35 bits per heavy atom. The summed E-state index contributed by atoms with van der Waals surface area (Å²) in [5, 5.41) is 5.52. The van der Waals surface area contributed by atoms with Crippen molar-refractivity contribution >= 4 is 17.5 Å². The summed E-state index contributed by atoms with van der Waals surface area (Å²) in [5.74, 6) is 0.0701. The van der Waals surface area contributed by atoms with Gasteiger partial charge in [-0.1, -0.05) is 18.2 Å². The molecule has 86 valence electrons. The predicted molar refractivity (Wildman–Crippen MR) is 66.0 cm³/mol. The van der Waals surface area contributed by atoms with Gasteiger partial charge in [-0.25, -0.2) is 9.97 Å². The van der Waals surface area contributed by atoms with Crippen molar-refractivity contribution in [2.24, 2.45) is 0 Å². The van der Waals surface area contributed by atoms with E-state index in [-0.39, 0.29) is 11.9 Å². The van der Waals surface area contributed by atoms with Crippen LogP contribution in [0.4, 0.5) is 11.6 Å². The van der Waals surface area contributed by atoms with E-state index >= 15 is 0 Å². The van der Waals surface area contributed by atoms with Crippen LogP contribution >= 0.6 is 0 Å². The van der Waals surface area contributed by atoms with Crippen LogP contribution in [0.5, 0.6) is 0 Å². The summed E-state index contributed by atoms with van der Waals surface area (Å²) in [6.45, 7) is 0. The van der Waals surface area contributed by atoms with Gasteiger partial charge < -0.3 is 5.32 Å². The van der Waals surface area contributed by atoms with Crippen LogP contribution in [-0.2, 0) is 0 Å². The lowest BCUT2D eigenvalue weighted by Gasteiger charge is -2.04. The van der Waals surface area contributed by atoms with Crippen LogP contribution in [0, 0.1) is 0 Å². The maximum absolute atomic E-state index is 11.8. The van der Waals surface area contributed by atoms with Gasteiger partial charge in [0.15, 0.2) is 0 Å². The number of hydrogen-bond donors (Lipinski definition) is 2. The second-order valence-corrected chi connectivity index (χ2v) is 3.37. The third-order valence-corrected chi connectivity index (χ3v) is 2.20. The third kappa shape index (κ3) is 2.78. The van der Waals surface area contributed by atoms with E-state index < -0.39 is 0 Å². The second kappa shape index (κ2) is 5.07. The molecule has 0 unspecified atom stereocenters. The smallest absolute Gasteiger partial charge is 0.258 e. The molecule has 0 aliphatic rings. The molecular formula is C12H12N4O. The topological polar surface area (TPSA) is 66.9 Å². The minimum atomic E-state index is -0.220. The van der Waals surface area contributed by atoms with E-state index in [9.17, 15) is 4.79 Å². The molecule has 0 bridgehead atoms. The van der Waals surface area contributed by atoms with Crippen LogP contribution in [-0.4, -0.2) is 22.9 Å². The maximum atomic E-state index is 11.8. The van der Waals surface area contributed by atoms with Gasteiger partial charge in [0, 0.05) is 12.6 Å². The molecule has 1 aromatic carbocycles. The number of carbonyl (C=O) groups is 1. The zero-order chi connectivity index (χ0) is 12.1. The molecule has 0 atom stereocenters. The molecule has 0 saturated carbocycles. The summed E-state index contributed by atoms with van der Waals surface area (Å²) >= 11 is 0. The van der Waals surface area contributed by atoms with Gasteiger partial charge in [0.05, 0.1) is 18.1 Å². The Hall–Kier alpha value is -2.43. The molecule has 1 heterocycles. The van der Waals surface area contributed by atoms with Crippen LogP contribution in [0.25, 0.3) is 0 Å². The number of carbonyl (C=O) groups excluding carboxylic acids is 1. The van der Waals surface area contributed by atoms with Gasteiger partial charge in [-0.15, -0.1) is 0 Å². The van der Waals surface area contributed by atoms with Gasteiger partial charge >= 0.3 is 0 Å². The Bertz CT molecular complexity index is 496. The van der Waals surface area contributed by atoms with E-state index in [4.69, 9.17) is 0 Å². The third-order valence-electron chi connectivity index (χ3n) is 2.20. The van der Waals surface area contributed by atoms with Crippen LogP contribution in [0.2, 0.25) is 0 Å². The predicted octanol–water partition coefficient (Wildman–Crippen LogP) is 1.77. The van der Waals surface area contributed by atoms with Gasteiger partial charge in [-0.2, -0.15) is 0 Å². The number of amides is 1. The standard InChI is InChI=1S/C12H12N4O/c1-13-10-7-14-12(15-8-10)16-11(17)9-5-3-2-4-6-9/h2-8,13H,1H3,(H,14,15,16,17). The number of nitrogens with zero attached hydrogens (tertiary/aromatic N) is 2. The monoisotopic (exact) mass is 228 g/mol. The lowest BCUT2D eigenvalue weighted by atomic mass is 10.2. The van der Waals surface area contributed by atoms with Gasteiger partial charge in [0.1, 0.15) is 0 Å². The summed E-state index contributed by atoms with van der Waals surface area (Å²) in [6.07, 6.45) is 3.21. The van der Waals surface area contributed by atoms with Crippen molar-refractivity contribution in [3.05, 3.63) is 48.3 Å². The number of hydrogen-bond acceptors (Lipinski definition) is 4. The van der Waals surface area contributed by atoms with Crippen molar-refractivity contribution in [2.45, 2.75) is 0 Å². The highest BCUT2D eigenvalue weighted by Crippen LogP contribution is 2.06. The van der Waals surface area contributed by atoms with Gasteiger partial charge in [-0.3, -0.25) is 10.1 Å². The van der Waals surface area contributed by atoms with Gasteiger partial charge in [0.2, 0.25) is 5.95 Å². The number of benzene rings is 1. The SMILES string of the molecule is CNc1cnc(NC(=O)c2ccccc2)nc1. The van der Waals surface area contributed by atoms with E-state index in [0.717, 1.165) is 5.69 Å². The zero-order valence-corrected chi connectivity index (χ0v) is 9.34. The zero-order valence-electron chi connectivity index (χ0n) is 9.34. The lowest BCUT2D eigenvalue weighted by Crippen LogP contribution is -2.13. The van der Waals surface area contributed by atoms with Crippen LogP contribution in [0.3, 0.4) is 0 Å². The first-order valence-corrected chi connectivity index (χ1v) is 5.16. The van der Waals surface area contributed by atoms with Gasteiger partial charge in [0.25, 0.3) is 5.91 Å². The molecule has 1 aromatic heterocycles. The summed E-state index contributed by atoms with van der Waals surface area (Å²) in [7, 11) is 1.78. The summed E-state index contributed by atoms with van der Waals surface area (Å²) in [6, 6.07) is 8.93. The van der Waals surface area contributed by atoms with E-state index in [1.807, 2.05) is 6.07 Å². The largest absolute Gasteiger partial charge is 0.386 e. The summed E-state index contributed by atoms with van der Waals surface area (Å²) < 4.78 is 0. The number of rotatable bonds is 3. The highest BCUT2D eigenvalue weighted by Gasteiger charge is 2.06. The molecule has 2 aromatic rings. The van der Waals surface area contributed by atoms with Crippen molar-refractivity contribution in [3.8, 4) is 0 Å². The van der Waals surface area contributed by atoms with Gasteiger partial charge in [-0.05, 0) is 12.1 Å². The highest BCUT2D eigenvalue weighted by atomic mass is 16.1. The fourth-order valence-corrected chi connectivity index (χ4v) is 1.28. The molecule has 0 radical (unpaired) electrons. The molecule has 17 heavy (non-hydrogen) atoms. The molecule has 2 N–H and O–H groups in total. The minimum Gasteiger partial charge on any atom is -0.386 e. The fourth-order valence-electron chi connectivity index (χ4n) is 1.28. The molecule has 0 fully saturated rings. The number of anilines is 2. The van der Waals surface area contributed by atoms with Crippen molar-refractivity contribution in [2.75, 3.05) is 17.7 Å². The second-order valence-electron chi connectivity index (χ2n) is 3.37. The molecule has 2 rings (SSSR count). The van der Waals surface area contributed by atoms with Crippen molar-refractivity contribution in [1.29, 1.82) is 0 Å². The average molecular weight is 228 g/mol. The van der Waals surface area contributed by atoms with Crippen LogP contribution in [0.15, 0.2) is 42.7 Å². The number of nitrogens with one attached hydrogen (secondary N) is 2. The molecule has 1 amide bonds. The Kier molecular flexibility index (Phi) is 3.30. The average Bonchev–Trinajstić information content (AvgIpc) is 2.40. The maximum Gasteiger partial charge on any atom is 0.258 e. The number of aromatic nitrogens is 2. The Labute approximate surface area is 98.9 Å². The van der Waals surface area contributed by atoms with E-state index in [1.54, 1.807) is 43.7 Å². The molecule has 0 saturated heterocycles. The molecule has 5 nitrogen and oxygen atoms in total. The Balaban J connectivity index is 2.08. The summed E-state index contributed by atoms with van der Waals surface area (Å²) in [5.41, 5.74) is 1.37. The normalized spacial score (nSPS) is 9.71. The molecule has 0 aliphatic carbocycles. The van der Waals surface area contributed by atoms with E-state index in [0.29, 0.717) is 5.56 Å². The van der Waals surface area contributed by atoms with Crippen LogP contribution in [0.1, 0.15) is 10.4 Å². The lowest BCUT2D eigenvalue weighted by molar-refractivity contribution is 0.102. The van der Waals surface area contributed by atoms with Crippen molar-refractivity contribution in [3.63, 3.8) is 0 Å². The summed E-state index contributed by atoms with van der Waals surface area (Å²) in [4.78, 5) is 19.8. The first kappa shape index (κ1) is 11.1. The minimum absolute atomic E-state index is 0.220.